The van der Waals surface area contributed by atoms with Gasteiger partial charge in [0.25, 0.3) is 21.8 Å². The first-order valence-electron chi connectivity index (χ1n) is 13.7. The first-order chi connectivity index (χ1) is 19.7. The molecule has 0 bridgehead atoms. The highest BCUT2D eigenvalue weighted by Gasteiger charge is 2.27. The number of nitrogens with one attached hydrogen (secondary N) is 1. The molecule has 9 nitrogen and oxygen atoms in total. The van der Waals surface area contributed by atoms with Crippen LogP contribution in [0, 0.1) is 0 Å². The second kappa shape index (κ2) is 13.9. The lowest BCUT2D eigenvalue weighted by Crippen LogP contribution is -2.39. The van der Waals surface area contributed by atoms with Gasteiger partial charge in [-0.2, -0.15) is 5.10 Å². The summed E-state index contributed by atoms with van der Waals surface area (Å²) < 4.78 is 33.6. The first-order valence-corrected chi connectivity index (χ1v) is 15.2. The van der Waals surface area contributed by atoms with Gasteiger partial charge < -0.3 is 9.64 Å². The Labute approximate surface area is 241 Å². The average molecular weight is 577 g/mol. The molecule has 0 aromatic heterocycles. The quantitative estimate of drug-likeness (QED) is 0.266. The number of nitrogens with zero attached hydrogens (tertiary/aromatic N) is 3. The maximum Gasteiger partial charge on any atom is 0.264 e. The van der Waals surface area contributed by atoms with Crippen LogP contribution in [0.5, 0.6) is 5.75 Å². The van der Waals surface area contributed by atoms with E-state index in [1.165, 1.54) is 18.3 Å². The molecule has 216 valence electrons. The third-order valence-electron chi connectivity index (χ3n) is 6.82. The van der Waals surface area contributed by atoms with Crippen LogP contribution in [0.4, 0.5) is 5.69 Å². The van der Waals surface area contributed by atoms with E-state index in [1.807, 2.05) is 17.0 Å². The Bertz CT molecular complexity index is 1430. The Morgan fingerprint density at radius 1 is 0.951 bits per heavy atom. The van der Waals surface area contributed by atoms with Crippen molar-refractivity contribution in [2.75, 3.05) is 30.5 Å². The van der Waals surface area contributed by atoms with Crippen molar-refractivity contribution < 1.29 is 22.7 Å². The van der Waals surface area contributed by atoms with Gasteiger partial charge in [0.05, 0.1) is 16.8 Å². The number of hydrogen-bond acceptors (Lipinski definition) is 6. The van der Waals surface area contributed by atoms with E-state index in [9.17, 15) is 18.0 Å². The van der Waals surface area contributed by atoms with Gasteiger partial charge in [0, 0.05) is 13.1 Å². The molecule has 3 aromatic rings. The lowest BCUT2D eigenvalue weighted by atomic mass is 10.0. The smallest absolute Gasteiger partial charge is 0.264 e. The van der Waals surface area contributed by atoms with Crippen molar-refractivity contribution in [1.82, 2.24) is 10.3 Å². The number of rotatable bonds is 11. The fourth-order valence-electron chi connectivity index (χ4n) is 4.43. The minimum atomic E-state index is -4.00. The Morgan fingerprint density at radius 3 is 2.24 bits per heavy atom. The van der Waals surface area contributed by atoms with Crippen LogP contribution in [0.25, 0.3) is 0 Å². The van der Waals surface area contributed by atoms with Crippen LogP contribution in [-0.4, -0.2) is 57.6 Å². The highest BCUT2D eigenvalue weighted by Crippen LogP contribution is 2.25. The molecule has 2 amide bonds. The van der Waals surface area contributed by atoms with Crippen LogP contribution < -0.4 is 14.5 Å². The number of piperidine rings is 1. The summed E-state index contributed by atoms with van der Waals surface area (Å²) in [5, 5.41) is 4.00. The third kappa shape index (κ3) is 8.17. The molecular weight excluding hydrogens is 540 g/mol. The zero-order chi connectivity index (χ0) is 29.2. The molecule has 1 fully saturated rings. The molecule has 1 aliphatic heterocycles. The van der Waals surface area contributed by atoms with Crippen molar-refractivity contribution in [2.24, 2.45) is 5.10 Å². The van der Waals surface area contributed by atoms with Gasteiger partial charge in [0.1, 0.15) is 12.3 Å². The largest absolute Gasteiger partial charge is 0.484 e. The van der Waals surface area contributed by atoms with Crippen LogP contribution in [-0.2, 0) is 19.6 Å². The fraction of sp³-hybridized carbons (Fsp3) is 0.323. The maximum atomic E-state index is 13.5. The van der Waals surface area contributed by atoms with E-state index in [1.54, 1.807) is 54.6 Å². The number of hydrogen-bond donors (Lipinski definition) is 1. The number of amides is 2. The van der Waals surface area contributed by atoms with Crippen molar-refractivity contribution in [3.05, 3.63) is 90.0 Å². The zero-order valence-electron chi connectivity index (χ0n) is 23.4. The lowest BCUT2D eigenvalue weighted by molar-refractivity contribution is -0.134. The Morgan fingerprint density at radius 2 is 1.61 bits per heavy atom. The van der Waals surface area contributed by atoms with E-state index < -0.39 is 22.5 Å². The molecule has 0 unspecified atom stereocenters. The molecule has 1 N–H and O–H groups in total. The van der Waals surface area contributed by atoms with Crippen LogP contribution in [0.2, 0.25) is 0 Å². The molecule has 1 saturated heterocycles. The molecule has 0 aliphatic carbocycles. The number of hydrazone groups is 1. The molecule has 0 radical (unpaired) electrons. The molecule has 41 heavy (non-hydrogen) atoms. The van der Waals surface area contributed by atoms with Crippen LogP contribution >= 0.6 is 0 Å². The second-order valence-corrected chi connectivity index (χ2v) is 12.0. The molecule has 1 aliphatic rings. The molecule has 0 saturated carbocycles. The molecule has 0 atom stereocenters. The normalized spacial score (nSPS) is 13.8. The van der Waals surface area contributed by atoms with Crippen LogP contribution in [0.1, 0.15) is 50.2 Å². The highest BCUT2D eigenvalue weighted by atomic mass is 32.2. The summed E-state index contributed by atoms with van der Waals surface area (Å²) in [6.07, 6.45) is 4.67. The number of benzene rings is 3. The van der Waals surface area contributed by atoms with E-state index >= 15 is 0 Å². The number of carbonyl (C=O) groups excluding carboxylic acids is 2. The number of sulfonamides is 1. The SMILES string of the molecule is CC(C)c1ccc(N(CC(=O)N/N=C\c2ccc(OCC(=O)N3CCCCC3)cc2)S(=O)(=O)c2ccccc2)cc1. The van der Waals surface area contributed by atoms with Gasteiger partial charge in [0.2, 0.25) is 0 Å². The second-order valence-electron chi connectivity index (χ2n) is 10.2. The Hall–Kier alpha value is -4.18. The molecular formula is C31H36N4O5S. The van der Waals surface area contributed by atoms with Crippen molar-refractivity contribution in [1.29, 1.82) is 0 Å². The predicted molar refractivity (Wildman–Crippen MR) is 160 cm³/mol. The van der Waals surface area contributed by atoms with Gasteiger partial charge in [-0.25, -0.2) is 13.8 Å². The average Bonchev–Trinajstić information content (AvgIpc) is 3.00. The standard InChI is InChI=1S/C31H36N4O5S/c1-24(2)26-13-15-27(16-14-26)35(41(38,39)29-9-5-3-6-10-29)22-30(36)33-32-21-25-11-17-28(18-12-25)40-23-31(37)34-19-7-4-8-20-34/h3,5-6,9-18,21,24H,4,7-8,19-20,22-23H2,1-2H3,(H,33,36)/b32-21-. The zero-order valence-corrected chi connectivity index (χ0v) is 24.2. The summed E-state index contributed by atoms with van der Waals surface area (Å²) in [6, 6.07) is 22.1. The van der Waals surface area contributed by atoms with Gasteiger partial charge in [-0.05, 0) is 84.8 Å². The van der Waals surface area contributed by atoms with Crippen molar-refractivity contribution in [3.63, 3.8) is 0 Å². The first kappa shape index (κ1) is 29.8. The molecule has 10 heteroatoms. The van der Waals surface area contributed by atoms with Crippen molar-refractivity contribution in [3.8, 4) is 5.75 Å². The summed E-state index contributed by atoms with van der Waals surface area (Å²) in [6.45, 7) is 5.21. The van der Waals surface area contributed by atoms with E-state index in [0.29, 0.717) is 17.0 Å². The van der Waals surface area contributed by atoms with E-state index in [2.05, 4.69) is 24.4 Å². The molecule has 3 aromatic carbocycles. The molecule has 0 spiro atoms. The van der Waals surface area contributed by atoms with Gasteiger partial charge in [-0.1, -0.05) is 44.2 Å². The topological polar surface area (TPSA) is 108 Å². The van der Waals surface area contributed by atoms with Crippen molar-refractivity contribution >= 4 is 33.7 Å². The van der Waals surface area contributed by atoms with Gasteiger partial charge in [0.15, 0.2) is 6.61 Å². The summed E-state index contributed by atoms with van der Waals surface area (Å²) in [4.78, 5) is 27.0. The minimum Gasteiger partial charge on any atom is -0.484 e. The van der Waals surface area contributed by atoms with Crippen LogP contribution in [0.15, 0.2) is 88.9 Å². The van der Waals surface area contributed by atoms with E-state index in [0.717, 1.165) is 42.2 Å². The van der Waals surface area contributed by atoms with Crippen LogP contribution in [0.3, 0.4) is 0 Å². The summed E-state index contributed by atoms with van der Waals surface area (Å²) in [7, 11) is -4.00. The summed E-state index contributed by atoms with van der Waals surface area (Å²) in [5.74, 6) is 0.229. The highest BCUT2D eigenvalue weighted by molar-refractivity contribution is 7.92. The van der Waals surface area contributed by atoms with Crippen molar-refractivity contribution in [2.45, 2.75) is 43.9 Å². The number of anilines is 1. The lowest BCUT2D eigenvalue weighted by Gasteiger charge is -2.26. The van der Waals surface area contributed by atoms with E-state index in [4.69, 9.17) is 4.74 Å². The Balaban J connectivity index is 1.37. The summed E-state index contributed by atoms with van der Waals surface area (Å²) >= 11 is 0. The van der Waals surface area contributed by atoms with Gasteiger partial charge in [-0.3, -0.25) is 13.9 Å². The summed E-state index contributed by atoms with van der Waals surface area (Å²) in [5.41, 5.74) is 4.55. The third-order valence-corrected chi connectivity index (χ3v) is 8.61. The van der Waals surface area contributed by atoms with Gasteiger partial charge >= 0.3 is 0 Å². The Kier molecular flexibility index (Phi) is 10.1. The molecule has 1 heterocycles. The minimum absolute atomic E-state index is 0.00786. The number of likely N-dealkylation sites (tertiary alicyclic amines) is 1. The fourth-order valence-corrected chi connectivity index (χ4v) is 5.88. The van der Waals surface area contributed by atoms with E-state index in [-0.39, 0.29) is 23.3 Å². The number of carbonyl (C=O) groups is 2. The molecule has 4 rings (SSSR count). The maximum absolute atomic E-state index is 13.5. The number of ether oxygens (including phenoxy) is 1. The monoisotopic (exact) mass is 576 g/mol. The van der Waals surface area contributed by atoms with Gasteiger partial charge in [-0.15, -0.1) is 0 Å². The predicted octanol–water partition coefficient (Wildman–Crippen LogP) is 4.55.